The van der Waals surface area contributed by atoms with Crippen LogP contribution in [0.1, 0.15) is 10.4 Å². The number of hydrazine groups is 1. The lowest BCUT2D eigenvalue weighted by atomic mass is 10.1. The molecule has 0 saturated heterocycles. The Bertz CT molecular complexity index is 1350. The molecule has 11 heteroatoms. The number of benzene rings is 3. The summed E-state index contributed by atoms with van der Waals surface area (Å²) in [5, 5.41) is 14.1. The van der Waals surface area contributed by atoms with Crippen LogP contribution in [0.5, 0.6) is 11.6 Å². The quantitative estimate of drug-likeness (QED) is 0.286. The Kier molecular flexibility index (Phi) is 6.02. The van der Waals surface area contributed by atoms with Crippen molar-refractivity contribution in [3.8, 4) is 11.6 Å². The fourth-order valence-corrected chi connectivity index (χ4v) is 3.39. The molecular weight excluding hydrogens is 457 g/mol. The number of fused-ring (bicyclic) bond motifs is 1. The number of amides is 1. The van der Waals surface area contributed by atoms with Gasteiger partial charge in [-0.2, -0.15) is 4.98 Å². The molecule has 9 nitrogen and oxygen atoms in total. The Hall–Kier alpha value is -3.95. The minimum atomic E-state index is -0.708. The number of anilines is 1. The predicted molar refractivity (Wildman–Crippen MR) is 120 cm³/mol. The summed E-state index contributed by atoms with van der Waals surface area (Å²) in [6.07, 6.45) is 1.08. The number of aromatic nitrogens is 2. The molecule has 160 valence electrons. The first-order valence-electron chi connectivity index (χ1n) is 9.10. The highest BCUT2D eigenvalue weighted by atomic mass is 35.5. The van der Waals surface area contributed by atoms with Gasteiger partial charge in [0.25, 0.3) is 5.91 Å². The molecule has 0 radical (unpaired) electrons. The van der Waals surface area contributed by atoms with Crippen molar-refractivity contribution in [2.75, 3.05) is 5.43 Å². The summed E-state index contributed by atoms with van der Waals surface area (Å²) in [5.74, 6) is -0.842. The Morgan fingerprint density at radius 2 is 1.78 bits per heavy atom. The van der Waals surface area contributed by atoms with Crippen molar-refractivity contribution in [2.24, 2.45) is 0 Å². The van der Waals surface area contributed by atoms with Crippen LogP contribution in [0.2, 0.25) is 10.0 Å². The molecule has 2 N–H and O–H groups in total. The SMILES string of the molecule is O=C(NNc1ncnc(Oc2ccc3ccccc3c2)c1[N+](=O)[O-])c1ccc(Cl)cc1Cl. The van der Waals surface area contributed by atoms with E-state index in [0.29, 0.717) is 10.8 Å². The summed E-state index contributed by atoms with van der Waals surface area (Å²) in [6, 6.07) is 17.1. The van der Waals surface area contributed by atoms with Crippen molar-refractivity contribution < 1.29 is 14.5 Å². The Morgan fingerprint density at radius 1 is 1.00 bits per heavy atom. The molecule has 0 fully saturated rings. The maximum atomic E-state index is 12.4. The summed E-state index contributed by atoms with van der Waals surface area (Å²) in [6.45, 7) is 0. The second kappa shape index (κ2) is 9.04. The molecule has 0 unspecified atom stereocenters. The highest BCUT2D eigenvalue weighted by molar-refractivity contribution is 6.36. The number of ether oxygens (including phenoxy) is 1. The highest BCUT2D eigenvalue weighted by Gasteiger charge is 2.26. The molecule has 0 aliphatic rings. The standard InChI is InChI=1S/C21H13Cl2N5O4/c22-14-6-8-16(17(23)10-14)20(29)27-26-19-18(28(30)31)21(25-11-24-19)32-15-7-5-12-3-1-2-4-13(12)9-15/h1-11H,(H,27,29)(H,24,25,26). The maximum Gasteiger partial charge on any atom is 0.374 e. The van der Waals surface area contributed by atoms with Crippen molar-refractivity contribution in [1.82, 2.24) is 15.4 Å². The minimum absolute atomic E-state index is 0.118. The Labute approximate surface area is 191 Å². The molecule has 1 heterocycles. The Morgan fingerprint density at radius 3 is 2.53 bits per heavy atom. The lowest BCUT2D eigenvalue weighted by molar-refractivity contribution is -0.385. The van der Waals surface area contributed by atoms with Gasteiger partial charge in [0.2, 0.25) is 5.82 Å². The van der Waals surface area contributed by atoms with Crippen molar-refractivity contribution in [2.45, 2.75) is 0 Å². The smallest absolute Gasteiger partial charge is 0.374 e. The summed E-state index contributed by atoms with van der Waals surface area (Å²) in [7, 11) is 0. The van der Waals surface area contributed by atoms with E-state index in [-0.39, 0.29) is 22.3 Å². The molecule has 1 aromatic heterocycles. The molecule has 0 spiro atoms. The number of hydrogen-bond acceptors (Lipinski definition) is 7. The molecule has 1 amide bonds. The molecule has 0 saturated carbocycles. The summed E-state index contributed by atoms with van der Waals surface area (Å²) in [4.78, 5) is 31.1. The van der Waals surface area contributed by atoms with Gasteiger partial charge in [0.1, 0.15) is 12.1 Å². The minimum Gasteiger partial charge on any atom is -0.434 e. The van der Waals surface area contributed by atoms with E-state index < -0.39 is 16.5 Å². The Balaban J connectivity index is 1.58. The van der Waals surface area contributed by atoms with Crippen LogP contribution in [0.15, 0.2) is 67.0 Å². The monoisotopic (exact) mass is 469 g/mol. The first-order valence-corrected chi connectivity index (χ1v) is 9.85. The highest BCUT2D eigenvalue weighted by Crippen LogP contribution is 2.34. The van der Waals surface area contributed by atoms with E-state index >= 15 is 0 Å². The number of rotatable bonds is 6. The zero-order valence-electron chi connectivity index (χ0n) is 16.1. The number of nitro groups is 1. The van der Waals surface area contributed by atoms with E-state index in [4.69, 9.17) is 27.9 Å². The molecule has 0 aliphatic carbocycles. The van der Waals surface area contributed by atoms with Gasteiger partial charge in [-0.1, -0.05) is 53.5 Å². The van der Waals surface area contributed by atoms with Crippen molar-refractivity contribution in [3.05, 3.63) is 92.7 Å². The van der Waals surface area contributed by atoms with Crippen LogP contribution in [0.3, 0.4) is 0 Å². The fraction of sp³-hybridized carbons (Fsp3) is 0. The van der Waals surface area contributed by atoms with Crippen LogP contribution in [-0.4, -0.2) is 20.8 Å². The van der Waals surface area contributed by atoms with Gasteiger partial charge in [0, 0.05) is 5.02 Å². The largest absolute Gasteiger partial charge is 0.434 e. The fourth-order valence-electron chi connectivity index (χ4n) is 2.89. The number of halogens is 2. The molecule has 4 rings (SSSR count). The van der Waals surface area contributed by atoms with Crippen LogP contribution in [0, 0.1) is 10.1 Å². The zero-order valence-corrected chi connectivity index (χ0v) is 17.6. The van der Waals surface area contributed by atoms with E-state index in [0.717, 1.165) is 17.1 Å². The normalized spacial score (nSPS) is 10.6. The van der Waals surface area contributed by atoms with Gasteiger partial charge < -0.3 is 4.74 Å². The molecular formula is C21H13Cl2N5O4. The van der Waals surface area contributed by atoms with Gasteiger partial charge in [-0.15, -0.1) is 0 Å². The van der Waals surface area contributed by atoms with E-state index in [1.165, 1.54) is 18.2 Å². The zero-order chi connectivity index (χ0) is 22.7. The van der Waals surface area contributed by atoms with Gasteiger partial charge in [0.05, 0.1) is 15.5 Å². The average Bonchev–Trinajstić information content (AvgIpc) is 2.77. The molecule has 0 aliphatic heterocycles. The molecule has 3 aromatic carbocycles. The number of nitrogens with zero attached hydrogens (tertiary/aromatic N) is 3. The number of hydrogen-bond donors (Lipinski definition) is 2. The van der Waals surface area contributed by atoms with Crippen LogP contribution in [-0.2, 0) is 0 Å². The average molecular weight is 470 g/mol. The summed E-state index contributed by atoms with van der Waals surface area (Å²) >= 11 is 11.8. The van der Waals surface area contributed by atoms with Gasteiger partial charge in [0.15, 0.2) is 0 Å². The second-order valence-electron chi connectivity index (χ2n) is 6.45. The topological polar surface area (TPSA) is 119 Å². The van der Waals surface area contributed by atoms with E-state index in [9.17, 15) is 14.9 Å². The first kappa shape index (κ1) is 21.3. The van der Waals surface area contributed by atoms with E-state index in [2.05, 4.69) is 20.8 Å². The first-order chi connectivity index (χ1) is 15.4. The maximum absolute atomic E-state index is 12.4. The van der Waals surface area contributed by atoms with Gasteiger partial charge in [-0.3, -0.25) is 25.8 Å². The third-order valence-electron chi connectivity index (χ3n) is 4.38. The molecule has 4 aromatic rings. The van der Waals surface area contributed by atoms with Gasteiger partial charge >= 0.3 is 11.6 Å². The number of nitrogens with one attached hydrogen (secondary N) is 2. The van der Waals surface area contributed by atoms with Crippen LogP contribution in [0.25, 0.3) is 10.8 Å². The second-order valence-corrected chi connectivity index (χ2v) is 7.29. The number of carbonyl (C=O) groups excluding carboxylic acids is 1. The van der Waals surface area contributed by atoms with Crippen molar-refractivity contribution >= 4 is 51.4 Å². The van der Waals surface area contributed by atoms with Crippen molar-refractivity contribution in [1.29, 1.82) is 0 Å². The van der Waals surface area contributed by atoms with Gasteiger partial charge in [-0.05, 0) is 41.1 Å². The van der Waals surface area contributed by atoms with E-state index in [1.807, 2.05) is 30.3 Å². The third-order valence-corrected chi connectivity index (χ3v) is 4.92. The van der Waals surface area contributed by atoms with Crippen LogP contribution in [0.4, 0.5) is 11.5 Å². The van der Waals surface area contributed by atoms with Crippen LogP contribution < -0.4 is 15.6 Å². The predicted octanol–water partition coefficient (Wildman–Crippen LogP) is 5.39. The lowest BCUT2D eigenvalue weighted by Gasteiger charge is -2.11. The van der Waals surface area contributed by atoms with Crippen LogP contribution >= 0.6 is 23.2 Å². The molecule has 0 atom stereocenters. The third kappa shape index (κ3) is 4.53. The van der Waals surface area contributed by atoms with E-state index in [1.54, 1.807) is 12.1 Å². The summed E-state index contributed by atoms with van der Waals surface area (Å²) < 4.78 is 5.66. The summed E-state index contributed by atoms with van der Waals surface area (Å²) in [5.41, 5.74) is 4.31. The number of carbonyl (C=O) groups is 1. The van der Waals surface area contributed by atoms with Gasteiger partial charge in [-0.25, -0.2) is 4.98 Å². The van der Waals surface area contributed by atoms with Crippen molar-refractivity contribution in [3.63, 3.8) is 0 Å². The lowest BCUT2D eigenvalue weighted by Crippen LogP contribution is -2.30. The molecule has 0 bridgehead atoms. The molecule has 32 heavy (non-hydrogen) atoms.